The van der Waals surface area contributed by atoms with Crippen molar-refractivity contribution in [1.82, 2.24) is 14.4 Å². The number of carbonyl (C=O) groups is 2. The van der Waals surface area contributed by atoms with E-state index in [0.29, 0.717) is 38.2 Å². The highest BCUT2D eigenvalue weighted by Gasteiger charge is 2.26. The fraction of sp³-hybridized carbons (Fsp3) is 0.217. The first kappa shape index (κ1) is 20.2. The molecule has 2 heterocycles. The number of amides is 2. The summed E-state index contributed by atoms with van der Waals surface area (Å²) in [5.41, 5.74) is 1.47. The molecule has 0 unspecified atom stereocenters. The van der Waals surface area contributed by atoms with E-state index in [9.17, 15) is 14.0 Å². The van der Waals surface area contributed by atoms with Gasteiger partial charge in [-0.15, -0.1) is 0 Å². The Morgan fingerprint density at radius 1 is 0.800 bits per heavy atom. The van der Waals surface area contributed by atoms with E-state index in [2.05, 4.69) is 0 Å². The summed E-state index contributed by atoms with van der Waals surface area (Å²) in [4.78, 5) is 29.0. The molecule has 0 N–H and O–H groups in total. The Bertz CT molecular complexity index is 1030. The average Bonchev–Trinajstić information content (AvgIpc) is 3.18. The molecule has 0 radical (unpaired) electrons. The molecule has 2 amide bonds. The third-order valence-corrected chi connectivity index (χ3v) is 5.58. The summed E-state index contributed by atoms with van der Waals surface area (Å²) in [5.74, 6) is -1.15. The normalized spacial score (nSPS) is 14.5. The highest BCUT2D eigenvalue weighted by atomic mass is 35.5. The second-order valence-electron chi connectivity index (χ2n) is 7.17. The van der Waals surface area contributed by atoms with Crippen LogP contribution in [0.3, 0.4) is 0 Å². The molecule has 5 nitrogen and oxygen atoms in total. The molecule has 0 saturated carbocycles. The second kappa shape index (κ2) is 8.71. The van der Waals surface area contributed by atoms with Gasteiger partial charge in [-0.3, -0.25) is 9.59 Å². The number of aromatic nitrogens is 1. The maximum Gasteiger partial charge on any atom is 0.258 e. The van der Waals surface area contributed by atoms with Gasteiger partial charge in [0.25, 0.3) is 11.8 Å². The lowest BCUT2D eigenvalue weighted by molar-refractivity contribution is 0.0716. The number of hydrogen-bond acceptors (Lipinski definition) is 2. The zero-order valence-corrected chi connectivity index (χ0v) is 17.1. The van der Waals surface area contributed by atoms with Gasteiger partial charge in [0.15, 0.2) is 0 Å². The summed E-state index contributed by atoms with van der Waals surface area (Å²) in [7, 11) is 0. The number of hydrogen-bond donors (Lipinski definition) is 0. The summed E-state index contributed by atoms with van der Waals surface area (Å²) in [5, 5.41) is 0.0972. The summed E-state index contributed by atoms with van der Waals surface area (Å²) < 4.78 is 16.1. The maximum atomic E-state index is 14.1. The number of benzene rings is 2. The van der Waals surface area contributed by atoms with Gasteiger partial charge in [0, 0.05) is 49.8 Å². The molecule has 1 aliphatic rings. The lowest BCUT2D eigenvalue weighted by atomic mass is 10.1. The Morgan fingerprint density at radius 2 is 1.43 bits per heavy atom. The quantitative estimate of drug-likeness (QED) is 0.629. The van der Waals surface area contributed by atoms with Crippen molar-refractivity contribution in [2.75, 3.05) is 26.2 Å². The van der Waals surface area contributed by atoms with Crippen molar-refractivity contribution in [2.24, 2.45) is 0 Å². The summed E-state index contributed by atoms with van der Waals surface area (Å²) >= 11 is 6.04. The summed E-state index contributed by atoms with van der Waals surface area (Å²) in [6, 6.07) is 15.5. The lowest BCUT2D eigenvalue weighted by Crippen LogP contribution is -2.37. The monoisotopic (exact) mass is 425 g/mol. The van der Waals surface area contributed by atoms with E-state index in [0.717, 1.165) is 5.69 Å². The predicted molar refractivity (Wildman–Crippen MR) is 114 cm³/mol. The van der Waals surface area contributed by atoms with Crippen LogP contribution < -0.4 is 0 Å². The molecule has 30 heavy (non-hydrogen) atoms. The molecule has 0 aliphatic carbocycles. The Labute approximate surface area is 179 Å². The van der Waals surface area contributed by atoms with Gasteiger partial charge in [-0.05, 0) is 55.0 Å². The Balaban J connectivity index is 1.44. The van der Waals surface area contributed by atoms with Crippen LogP contribution in [0.15, 0.2) is 67.0 Å². The van der Waals surface area contributed by atoms with Crippen LogP contribution in [-0.4, -0.2) is 52.4 Å². The minimum absolute atomic E-state index is 0.0766. The predicted octanol–water partition coefficient (Wildman–Crippen LogP) is 4.26. The number of nitrogens with zero attached hydrogens (tertiary/aromatic N) is 3. The Hall–Kier alpha value is -3.12. The minimum Gasteiger partial charge on any atom is -0.337 e. The number of halogens is 2. The first-order chi connectivity index (χ1) is 14.5. The SMILES string of the molecule is O=C(c1ccc(-n2cccc2)cc1)N1CCCN(C(=O)c2c(F)cccc2Cl)CC1. The van der Waals surface area contributed by atoms with Crippen molar-refractivity contribution >= 4 is 23.4 Å². The van der Waals surface area contributed by atoms with E-state index in [4.69, 9.17) is 11.6 Å². The van der Waals surface area contributed by atoms with Crippen LogP contribution in [0, 0.1) is 5.82 Å². The molecule has 1 saturated heterocycles. The van der Waals surface area contributed by atoms with Crippen molar-refractivity contribution in [3.8, 4) is 5.69 Å². The summed E-state index contributed by atoms with van der Waals surface area (Å²) in [6.07, 6.45) is 4.50. The first-order valence-electron chi connectivity index (χ1n) is 9.80. The molecule has 154 valence electrons. The van der Waals surface area contributed by atoms with Crippen LogP contribution in [0.2, 0.25) is 5.02 Å². The van der Waals surface area contributed by atoms with E-state index in [1.165, 1.54) is 18.2 Å². The van der Waals surface area contributed by atoms with Crippen molar-refractivity contribution < 1.29 is 14.0 Å². The molecule has 3 aromatic rings. The van der Waals surface area contributed by atoms with E-state index >= 15 is 0 Å². The highest BCUT2D eigenvalue weighted by molar-refractivity contribution is 6.33. The first-order valence-corrected chi connectivity index (χ1v) is 10.2. The fourth-order valence-electron chi connectivity index (χ4n) is 3.65. The van der Waals surface area contributed by atoms with Crippen LogP contribution in [0.4, 0.5) is 4.39 Å². The molecule has 7 heteroatoms. The second-order valence-corrected chi connectivity index (χ2v) is 7.58. The van der Waals surface area contributed by atoms with Crippen molar-refractivity contribution in [3.05, 3.63) is 89.0 Å². The van der Waals surface area contributed by atoms with Gasteiger partial charge in [0.05, 0.1) is 10.6 Å². The molecule has 1 aromatic heterocycles. The van der Waals surface area contributed by atoms with Crippen LogP contribution in [-0.2, 0) is 0 Å². The van der Waals surface area contributed by atoms with Crippen LogP contribution in [0.1, 0.15) is 27.1 Å². The standard InChI is InChI=1S/C23H21ClFN3O2/c24-19-5-3-6-20(25)21(19)23(30)28-14-4-13-27(15-16-28)22(29)17-7-9-18(10-8-17)26-11-1-2-12-26/h1-3,5-12H,4,13-16H2. The topological polar surface area (TPSA) is 45.6 Å². The van der Waals surface area contributed by atoms with E-state index in [1.807, 2.05) is 53.4 Å². The summed E-state index contributed by atoms with van der Waals surface area (Å²) in [6.45, 7) is 1.69. The molecule has 0 atom stereocenters. The van der Waals surface area contributed by atoms with Crippen LogP contribution in [0.25, 0.3) is 5.69 Å². The molecular formula is C23H21ClFN3O2. The van der Waals surface area contributed by atoms with Gasteiger partial charge in [-0.2, -0.15) is 0 Å². The lowest BCUT2D eigenvalue weighted by Gasteiger charge is -2.23. The Kier molecular flexibility index (Phi) is 5.86. The minimum atomic E-state index is -0.632. The fourth-order valence-corrected chi connectivity index (χ4v) is 3.89. The van der Waals surface area contributed by atoms with Gasteiger partial charge in [0.1, 0.15) is 5.82 Å². The van der Waals surface area contributed by atoms with Gasteiger partial charge >= 0.3 is 0 Å². The molecular weight excluding hydrogens is 405 g/mol. The van der Waals surface area contributed by atoms with Gasteiger partial charge < -0.3 is 14.4 Å². The smallest absolute Gasteiger partial charge is 0.258 e. The van der Waals surface area contributed by atoms with Gasteiger partial charge in [-0.1, -0.05) is 17.7 Å². The third kappa shape index (κ3) is 4.09. The zero-order chi connectivity index (χ0) is 21.1. The van der Waals surface area contributed by atoms with Crippen LogP contribution in [0.5, 0.6) is 0 Å². The largest absolute Gasteiger partial charge is 0.337 e. The third-order valence-electron chi connectivity index (χ3n) is 5.26. The molecule has 1 fully saturated rings. The molecule has 0 bridgehead atoms. The van der Waals surface area contributed by atoms with E-state index in [1.54, 1.807) is 9.80 Å². The highest BCUT2D eigenvalue weighted by Crippen LogP contribution is 2.22. The maximum absolute atomic E-state index is 14.1. The molecule has 0 spiro atoms. The number of carbonyl (C=O) groups excluding carboxylic acids is 2. The average molecular weight is 426 g/mol. The van der Waals surface area contributed by atoms with E-state index in [-0.39, 0.29) is 16.5 Å². The molecule has 2 aromatic carbocycles. The van der Waals surface area contributed by atoms with Crippen molar-refractivity contribution in [1.29, 1.82) is 0 Å². The molecule has 1 aliphatic heterocycles. The number of rotatable bonds is 3. The van der Waals surface area contributed by atoms with Crippen molar-refractivity contribution in [2.45, 2.75) is 6.42 Å². The Morgan fingerprint density at radius 3 is 2.07 bits per heavy atom. The van der Waals surface area contributed by atoms with Crippen LogP contribution >= 0.6 is 11.6 Å². The zero-order valence-electron chi connectivity index (χ0n) is 16.3. The van der Waals surface area contributed by atoms with Crippen molar-refractivity contribution in [3.63, 3.8) is 0 Å². The van der Waals surface area contributed by atoms with Gasteiger partial charge in [-0.25, -0.2) is 4.39 Å². The molecule has 4 rings (SSSR count). The van der Waals surface area contributed by atoms with Gasteiger partial charge in [0.2, 0.25) is 0 Å². The van der Waals surface area contributed by atoms with E-state index < -0.39 is 11.7 Å².